The van der Waals surface area contributed by atoms with E-state index in [1.54, 1.807) is 6.20 Å². The van der Waals surface area contributed by atoms with Crippen LogP contribution in [0.25, 0.3) is 0 Å². The second-order valence-corrected chi connectivity index (χ2v) is 2.74. The molecule has 0 spiro atoms. The van der Waals surface area contributed by atoms with Crippen molar-refractivity contribution < 1.29 is 0 Å². The van der Waals surface area contributed by atoms with Crippen LogP contribution in [0, 0.1) is 11.8 Å². The van der Waals surface area contributed by atoms with E-state index in [0.29, 0.717) is 6.42 Å². The van der Waals surface area contributed by atoms with Crippen molar-refractivity contribution in [1.29, 1.82) is 0 Å². The van der Waals surface area contributed by atoms with Crippen molar-refractivity contribution in [3.05, 3.63) is 18.2 Å². The zero-order valence-electron chi connectivity index (χ0n) is 7.41. The van der Waals surface area contributed by atoms with Crippen molar-refractivity contribution in [3.63, 3.8) is 0 Å². The number of imidazole rings is 1. The second-order valence-electron chi connectivity index (χ2n) is 2.74. The lowest BCUT2D eigenvalue weighted by molar-refractivity contribution is 0.834. The van der Waals surface area contributed by atoms with Gasteiger partial charge in [0.1, 0.15) is 5.82 Å². The van der Waals surface area contributed by atoms with Gasteiger partial charge in [0.25, 0.3) is 0 Å². The van der Waals surface area contributed by atoms with Crippen LogP contribution in [-0.2, 0) is 13.5 Å². The molecule has 3 heteroatoms. The Morgan fingerprint density at radius 2 is 2.50 bits per heavy atom. The van der Waals surface area contributed by atoms with E-state index in [2.05, 4.69) is 16.8 Å². The number of hydrogen-bond acceptors (Lipinski definition) is 2. The van der Waals surface area contributed by atoms with Gasteiger partial charge in [-0.15, -0.1) is 0 Å². The zero-order chi connectivity index (χ0) is 8.97. The Morgan fingerprint density at radius 1 is 1.75 bits per heavy atom. The summed E-state index contributed by atoms with van der Waals surface area (Å²) in [5, 5.41) is 0. The highest BCUT2D eigenvalue weighted by atomic mass is 15.0. The molecule has 1 atom stereocenters. The van der Waals surface area contributed by atoms with Gasteiger partial charge in [-0.2, -0.15) is 0 Å². The van der Waals surface area contributed by atoms with Crippen molar-refractivity contribution >= 4 is 0 Å². The molecule has 0 fully saturated rings. The van der Waals surface area contributed by atoms with E-state index < -0.39 is 0 Å². The monoisotopic (exact) mass is 163 g/mol. The Bertz CT molecular complexity index is 301. The average Bonchev–Trinajstić information content (AvgIpc) is 2.36. The lowest BCUT2D eigenvalue weighted by atomic mass is 10.3. The number of nitrogens with zero attached hydrogens (tertiary/aromatic N) is 2. The van der Waals surface area contributed by atoms with E-state index in [4.69, 9.17) is 5.73 Å². The molecule has 1 aromatic heterocycles. The molecule has 12 heavy (non-hydrogen) atoms. The predicted molar refractivity (Wildman–Crippen MR) is 48.3 cm³/mol. The van der Waals surface area contributed by atoms with Gasteiger partial charge < -0.3 is 10.3 Å². The maximum Gasteiger partial charge on any atom is 0.120 e. The van der Waals surface area contributed by atoms with Gasteiger partial charge in [0.2, 0.25) is 0 Å². The van der Waals surface area contributed by atoms with Crippen molar-refractivity contribution in [3.8, 4) is 11.8 Å². The van der Waals surface area contributed by atoms with Crippen LogP contribution >= 0.6 is 0 Å². The van der Waals surface area contributed by atoms with E-state index in [9.17, 15) is 0 Å². The maximum atomic E-state index is 5.47. The molecule has 0 aliphatic carbocycles. The van der Waals surface area contributed by atoms with Crippen molar-refractivity contribution in [2.24, 2.45) is 12.8 Å². The molecule has 1 unspecified atom stereocenters. The Labute approximate surface area is 72.6 Å². The minimum absolute atomic E-state index is 0.0507. The lowest BCUT2D eigenvalue weighted by Gasteiger charge is -1.94. The number of rotatable bonds is 1. The van der Waals surface area contributed by atoms with Gasteiger partial charge in [-0.1, -0.05) is 11.8 Å². The van der Waals surface area contributed by atoms with Gasteiger partial charge in [-0.3, -0.25) is 0 Å². The summed E-state index contributed by atoms with van der Waals surface area (Å²) < 4.78 is 1.95. The summed E-state index contributed by atoms with van der Waals surface area (Å²) in [6, 6.07) is -0.0507. The lowest BCUT2D eigenvalue weighted by Crippen LogP contribution is -2.11. The van der Waals surface area contributed by atoms with Crippen LogP contribution in [-0.4, -0.2) is 15.6 Å². The summed E-state index contributed by atoms with van der Waals surface area (Å²) in [6.07, 6.45) is 4.34. The third kappa shape index (κ3) is 2.40. The van der Waals surface area contributed by atoms with Crippen molar-refractivity contribution in [2.75, 3.05) is 0 Å². The highest BCUT2D eigenvalue weighted by molar-refractivity contribution is 5.11. The first-order chi connectivity index (χ1) is 5.70. The van der Waals surface area contributed by atoms with Crippen LogP contribution in [0.3, 0.4) is 0 Å². The van der Waals surface area contributed by atoms with Crippen LogP contribution in [0.15, 0.2) is 12.4 Å². The molecule has 0 aliphatic heterocycles. The number of hydrogen-bond donors (Lipinski definition) is 1. The molecule has 3 nitrogen and oxygen atoms in total. The second kappa shape index (κ2) is 3.93. The molecule has 0 aromatic carbocycles. The Hall–Kier alpha value is -1.27. The minimum atomic E-state index is -0.0507. The summed E-state index contributed by atoms with van der Waals surface area (Å²) in [5.41, 5.74) is 5.47. The molecule has 1 heterocycles. The molecule has 1 aromatic rings. The van der Waals surface area contributed by atoms with Crippen molar-refractivity contribution in [1.82, 2.24) is 9.55 Å². The van der Waals surface area contributed by atoms with Crippen LogP contribution in [0.2, 0.25) is 0 Å². The molecule has 1 rings (SSSR count). The third-order valence-corrected chi connectivity index (χ3v) is 1.50. The number of aryl methyl sites for hydroxylation is 1. The summed E-state index contributed by atoms with van der Waals surface area (Å²) in [6.45, 7) is 1.87. The van der Waals surface area contributed by atoms with E-state index in [-0.39, 0.29) is 6.04 Å². The molecule has 2 N–H and O–H groups in total. The maximum absolute atomic E-state index is 5.47. The van der Waals surface area contributed by atoms with Gasteiger partial charge in [0.05, 0.1) is 12.5 Å². The topological polar surface area (TPSA) is 43.8 Å². The Balaban J connectivity index is 2.55. The highest BCUT2D eigenvalue weighted by Crippen LogP contribution is 1.93. The molecule has 0 radical (unpaired) electrons. The van der Waals surface area contributed by atoms with Gasteiger partial charge >= 0.3 is 0 Å². The first kappa shape index (κ1) is 8.82. The molecule has 0 amide bonds. The van der Waals surface area contributed by atoms with E-state index >= 15 is 0 Å². The summed E-state index contributed by atoms with van der Waals surface area (Å²) in [4.78, 5) is 4.13. The molecule has 0 bridgehead atoms. The third-order valence-electron chi connectivity index (χ3n) is 1.50. The van der Waals surface area contributed by atoms with E-state index in [0.717, 1.165) is 5.82 Å². The molecule has 64 valence electrons. The predicted octanol–water partition coefficient (Wildman–Crippen LogP) is 0.313. The quantitative estimate of drug-likeness (QED) is 0.606. The van der Waals surface area contributed by atoms with Crippen LogP contribution in [0.4, 0.5) is 0 Å². The highest BCUT2D eigenvalue weighted by Gasteiger charge is 1.94. The summed E-state index contributed by atoms with van der Waals surface area (Å²) in [7, 11) is 1.95. The largest absolute Gasteiger partial charge is 0.337 e. The number of nitrogens with two attached hydrogens (primary N) is 1. The molecular formula is C9H13N3. The Kier molecular flexibility index (Phi) is 2.89. The first-order valence-corrected chi connectivity index (χ1v) is 3.90. The summed E-state index contributed by atoms with van der Waals surface area (Å²) in [5.74, 6) is 6.83. The van der Waals surface area contributed by atoms with Gasteiger partial charge in [0, 0.05) is 19.4 Å². The fraction of sp³-hybridized carbons (Fsp3) is 0.444. The smallest absolute Gasteiger partial charge is 0.120 e. The van der Waals surface area contributed by atoms with Crippen LogP contribution in [0.1, 0.15) is 12.7 Å². The SMILES string of the molecule is CC(N)C#CCc1nccn1C. The fourth-order valence-electron chi connectivity index (χ4n) is 0.858. The average molecular weight is 163 g/mol. The normalized spacial score (nSPS) is 11.9. The minimum Gasteiger partial charge on any atom is -0.337 e. The van der Waals surface area contributed by atoms with Crippen LogP contribution < -0.4 is 5.73 Å². The zero-order valence-corrected chi connectivity index (χ0v) is 7.41. The molecule has 0 saturated carbocycles. The number of aromatic nitrogens is 2. The van der Waals surface area contributed by atoms with Crippen molar-refractivity contribution in [2.45, 2.75) is 19.4 Å². The fourth-order valence-corrected chi connectivity index (χ4v) is 0.858. The first-order valence-electron chi connectivity index (χ1n) is 3.90. The molecule has 0 aliphatic rings. The molecular weight excluding hydrogens is 150 g/mol. The van der Waals surface area contributed by atoms with E-state index in [1.807, 2.05) is 24.7 Å². The molecule has 0 saturated heterocycles. The Morgan fingerprint density at radius 3 is 3.00 bits per heavy atom. The van der Waals surface area contributed by atoms with Crippen LogP contribution in [0.5, 0.6) is 0 Å². The van der Waals surface area contributed by atoms with Gasteiger partial charge in [0.15, 0.2) is 0 Å². The standard InChI is InChI=1S/C9H13N3/c1-8(10)4-3-5-9-11-6-7-12(9)2/h6-8H,5,10H2,1-2H3. The summed E-state index contributed by atoms with van der Waals surface area (Å²) >= 11 is 0. The van der Waals surface area contributed by atoms with E-state index in [1.165, 1.54) is 0 Å². The van der Waals surface area contributed by atoms with Gasteiger partial charge in [-0.05, 0) is 6.92 Å². The van der Waals surface area contributed by atoms with Gasteiger partial charge in [-0.25, -0.2) is 4.98 Å².